The fraction of sp³-hybridized carbons (Fsp3) is 0.133. The van der Waals surface area contributed by atoms with Gasteiger partial charge in [0.1, 0.15) is 0 Å². The molecule has 1 aromatic heterocycles. The van der Waals surface area contributed by atoms with Gasteiger partial charge in [0, 0.05) is 15.5 Å². The highest BCUT2D eigenvalue weighted by Gasteiger charge is 2.13. The predicted molar refractivity (Wildman–Crippen MR) is 78.7 cm³/mol. The molecule has 1 heterocycles. The Kier molecular flexibility index (Phi) is 2.87. The number of hydrogen-bond acceptors (Lipinski definition) is 4. The van der Waals surface area contributed by atoms with E-state index in [4.69, 9.17) is 9.47 Å². The van der Waals surface area contributed by atoms with Gasteiger partial charge in [-0.05, 0) is 24.3 Å². The molecule has 0 fully saturated rings. The summed E-state index contributed by atoms with van der Waals surface area (Å²) >= 11 is 1.54. The van der Waals surface area contributed by atoms with Gasteiger partial charge in [-0.2, -0.15) is 0 Å². The van der Waals surface area contributed by atoms with Crippen LogP contribution >= 0.6 is 11.3 Å². The molecule has 0 aliphatic heterocycles. The first kappa shape index (κ1) is 12.0. The number of fused-ring (bicyclic) bond motifs is 2. The van der Waals surface area contributed by atoms with Crippen molar-refractivity contribution in [2.75, 3.05) is 14.2 Å². The van der Waals surface area contributed by atoms with Crippen molar-refractivity contribution in [3.05, 3.63) is 46.6 Å². The average Bonchev–Trinajstić information content (AvgIpc) is 2.46. The van der Waals surface area contributed by atoms with Gasteiger partial charge in [-0.25, -0.2) is 0 Å². The van der Waals surface area contributed by atoms with Gasteiger partial charge in [-0.1, -0.05) is 12.1 Å². The quantitative estimate of drug-likeness (QED) is 0.670. The van der Waals surface area contributed by atoms with Gasteiger partial charge in [-0.3, -0.25) is 4.79 Å². The lowest BCUT2D eigenvalue weighted by molar-refractivity contribution is 0.359. The summed E-state index contributed by atoms with van der Waals surface area (Å²) in [7, 11) is 3.18. The number of benzene rings is 2. The summed E-state index contributed by atoms with van der Waals surface area (Å²) in [5, 5.41) is 1.41. The molecular formula is C15H12O3S. The maximum absolute atomic E-state index is 12.5. The molecule has 0 aliphatic rings. The van der Waals surface area contributed by atoms with Crippen LogP contribution in [0.15, 0.2) is 41.2 Å². The molecule has 0 saturated carbocycles. The fourth-order valence-electron chi connectivity index (χ4n) is 2.18. The Morgan fingerprint density at radius 2 is 1.74 bits per heavy atom. The van der Waals surface area contributed by atoms with Gasteiger partial charge in [0.2, 0.25) is 0 Å². The molecule has 0 aliphatic carbocycles. The summed E-state index contributed by atoms with van der Waals surface area (Å²) in [5.74, 6) is 1.26. The summed E-state index contributed by atoms with van der Waals surface area (Å²) in [6.45, 7) is 0. The lowest BCUT2D eigenvalue weighted by Gasteiger charge is -2.10. The Labute approximate surface area is 114 Å². The zero-order valence-electron chi connectivity index (χ0n) is 10.6. The van der Waals surface area contributed by atoms with Crippen molar-refractivity contribution in [2.24, 2.45) is 0 Å². The first-order valence-electron chi connectivity index (χ1n) is 5.83. The number of hydrogen-bond donors (Lipinski definition) is 0. The highest BCUT2D eigenvalue weighted by Crippen LogP contribution is 2.38. The van der Waals surface area contributed by atoms with Crippen molar-refractivity contribution in [3.8, 4) is 11.5 Å². The van der Waals surface area contributed by atoms with Crippen LogP contribution in [-0.4, -0.2) is 14.2 Å². The Bertz CT molecular complexity index is 821. The highest BCUT2D eigenvalue weighted by atomic mass is 32.1. The minimum Gasteiger partial charge on any atom is -0.493 e. The van der Waals surface area contributed by atoms with Crippen molar-refractivity contribution < 1.29 is 9.47 Å². The smallest absolute Gasteiger partial charge is 0.196 e. The lowest BCUT2D eigenvalue weighted by atomic mass is 10.1. The van der Waals surface area contributed by atoms with Gasteiger partial charge >= 0.3 is 0 Å². The Balaban J connectivity index is 2.54. The molecule has 0 atom stereocenters. The summed E-state index contributed by atoms with van der Waals surface area (Å²) in [6.07, 6.45) is 0. The number of ether oxygens (including phenoxy) is 2. The van der Waals surface area contributed by atoms with Gasteiger partial charge in [0.25, 0.3) is 0 Å². The van der Waals surface area contributed by atoms with Crippen LogP contribution in [0.1, 0.15) is 0 Å². The van der Waals surface area contributed by atoms with E-state index >= 15 is 0 Å². The van der Waals surface area contributed by atoms with Crippen molar-refractivity contribution in [2.45, 2.75) is 0 Å². The van der Waals surface area contributed by atoms with Gasteiger partial charge < -0.3 is 9.47 Å². The SMILES string of the molecule is COc1ccc2c(=O)c3ccccc3sc2c1OC. The van der Waals surface area contributed by atoms with E-state index in [-0.39, 0.29) is 5.43 Å². The van der Waals surface area contributed by atoms with E-state index in [1.165, 1.54) is 0 Å². The van der Waals surface area contributed by atoms with Crippen LogP contribution < -0.4 is 14.9 Å². The van der Waals surface area contributed by atoms with Gasteiger partial charge in [0.15, 0.2) is 16.9 Å². The molecule has 3 nitrogen and oxygen atoms in total. The van der Waals surface area contributed by atoms with Crippen molar-refractivity contribution in [1.82, 2.24) is 0 Å². The molecule has 0 radical (unpaired) electrons. The average molecular weight is 272 g/mol. The standard InChI is InChI=1S/C15H12O3S/c1-17-11-8-7-10-13(16)9-5-3-4-6-12(9)19-15(10)14(11)18-2/h3-8H,1-2H3. The van der Waals surface area contributed by atoms with Crippen LogP contribution in [0.3, 0.4) is 0 Å². The van der Waals surface area contributed by atoms with Crippen molar-refractivity contribution in [1.29, 1.82) is 0 Å². The Hall–Kier alpha value is -2.07. The first-order chi connectivity index (χ1) is 9.26. The summed E-state index contributed by atoms with van der Waals surface area (Å²) < 4.78 is 12.5. The van der Waals surface area contributed by atoms with E-state index in [1.54, 1.807) is 37.7 Å². The topological polar surface area (TPSA) is 35.5 Å². The van der Waals surface area contributed by atoms with Crippen LogP contribution in [0.25, 0.3) is 20.2 Å². The molecule has 4 heteroatoms. The normalized spacial score (nSPS) is 10.8. The molecule has 3 aromatic rings. The van der Waals surface area contributed by atoms with E-state index < -0.39 is 0 Å². The summed E-state index contributed by atoms with van der Waals surface area (Å²) in [4.78, 5) is 12.5. The summed E-state index contributed by atoms with van der Waals surface area (Å²) in [5.41, 5.74) is 0.0327. The predicted octanol–water partition coefficient (Wildman–Crippen LogP) is 3.43. The minimum atomic E-state index is 0.0327. The van der Waals surface area contributed by atoms with E-state index in [2.05, 4.69) is 0 Å². The third kappa shape index (κ3) is 1.76. The van der Waals surface area contributed by atoms with Crippen LogP contribution in [-0.2, 0) is 0 Å². The molecule has 2 aromatic carbocycles. The molecule has 0 saturated heterocycles. The zero-order chi connectivity index (χ0) is 13.4. The molecule has 3 rings (SSSR count). The van der Waals surface area contributed by atoms with Crippen LogP contribution in [0.5, 0.6) is 11.5 Å². The molecule has 0 N–H and O–H groups in total. The molecule has 0 amide bonds. The second-order valence-electron chi connectivity index (χ2n) is 4.11. The van der Waals surface area contributed by atoms with Crippen LogP contribution in [0, 0.1) is 0 Å². The molecule has 0 unspecified atom stereocenters. The first-order valence-corrected chi connectivity index (χ1v) is 6.64. The molecule has 0 spiro atoms. The highest BCUT2D eigenvalue weighted by molar-refractivity contribution is 7.24. The van der Waals surface area contributed by atoms with E-state index in [0.717, 1.165) is 14.8 Å². The molecule has 0 bridgehead atoms. The van der Waals surface area contributed by atoms with Gasteiger partial charge in [-0.15, -0.1) is 11.3 Å². The maximum atomic E-state index is 12.5. The minimum absolute atomic E-state index is 0.0327. The monoisotopic (exact) mass is 272 g/mol. The third-order valence-electron chi connectivity index (χ3n) is 3.09. The molecule has 96 valence electrons. The number of rotatable bonds is 2. The zero-order valence-corrected chi connectivity index (χ0v) is 11.4. The van der Waals surface area contributed by atoms with Crippen molar-refractivity contribution >= 4 is 31.5 Å². The second kappa shape index (κ2) is 4.55. The maximum Gasteiger partial charge on any atom is 0.196 e. The summed E-state index contributed by atoms with van der Waals surface area (Å²) in [6, 6.07) is 11.2. The lowest BCUT2D eigenvalue weighted by Crippen LogP contribution is -2.02. The van der Waals surface area contributed by atoms with E-state index in [0.29, 0.717) is 16.9 Å². The largest absolute Gasteiger partial charge is 0.493 e. The van der Waals surface area contributed by atoms with Gasteiger partial charge in [0.05, 0.1) is 18.9 Å². The molecular weight excluding hydrogens is 260 g/mol. The molecule has 19 heavy (non-hydrogen) atoms. The second-order valence-corrected chi connectivity index (χ2v) is 5.16. The third-order valence-corrected chi connectivity index (χ3v) is 4.27. The van der Waals surface area contributed by atoms with Crippen LogP contribution in [0.2, 0.25) is 0 Å². The van der Waals surface area contributed by atoms with E-state index in [1.807, 2.05) is 24.3 Å². The Morgan fingerprint density at radius 1 is 0.947 bits per heavy atom. The van der Waals surface area contributed by atoms with Crippen molar-refractivity contribution in [3.63, 3.8) is 0 Å². The van der Waals surface area contributed by atoms with Crippen LogP contribution in [0.4, 0.5) is 0 Å². The fourth-order valence-corrected chi connectivity index (χ4v) is 3.36. The number of methoxy groups -OCH3 is 2. The van der Waals surface area contributed by atoms with E-state index in [9.17, 15) is 4.79 Å². The Morgan fingerprint density at radius 3 is 2.47 bits per heavy atom.